The molecule has 0 fully saturated rings. The molecule has 3 rings (SSSR count). The Labute approximate surface area is 115 Å². The highest BCUT2D eigenvalue weighted by Gasteiger charge is 2.28. The molecule has 8 nitrogen and oxygen atoms in total. The highest BCUT2D eigenvalue weighted by molar-refractivity contribution is 5.83. The average Bonchev–Trinajstić information content (AvgIpc) is 2.98. The van der Waals surface area contributed by atoms with Crippen LogP contribution in [-0.2, 0) is 11.3 Å². The molecular formula is C12H14N6O2. The molecule has 2 N–H and O–H groups in total. The number of aromatic amines is 1. The lowest BCUT2D eigenvalue weighted by Crippen LogP contribution is -2.47. The van der Waals surface area contributed by atoms with Crippen LogP contribution in [0.2, 0.25) is 0 Å². The quantitative estimate of drug-likeness (QED) is 0.798. The van der Waals surface area contributed by atoms with Gasteiger partial charge in [0.05, 0.1) is 18.8 Å². The number of para-hydroxylation sites is 2. The lowest BCUT2D eigenvalue weighted by atomic mass is 10.2. The van der Waals surface area contributed by atoms with E-state index in [1.54, 1.807) is 0 Å². The zero-order valence-corrected chi connectivity index (χ0v) is 10.9. The fourth-order valence-corrected chi connectivity index (χ4v) is 2.08. The summed E-state index contributed by atoms with van der Waals surface area (Å²) < 4.78 is 5.72. The molecule has 1 aliphatic heterocycles. The highest BCUT2D eigenvalue weighted by Crippen LogP contribution is 2.31. The number of carbonyl (C=O) groups is 1. The molecule has 8 heteroatoms. The first-order chi connectivity index (χ1) is 9.74. The molecule has 1 aromatic carbocycles. The third-order valence-corrected chi connectivity index (χ3v) is 3.09. The number of nitrogens with zero attached hydrogens (tertiary/aromatic N) is 4. The zero-order valence-electron chi connectivity index (χ0n) is 10.9. The number of ether oxygens (including phenoxy) is 1. The number of rotatable bonds is 3. The predicted octanol–water partition coefficient (Wildman–Crippen LogP) is -0.287. The second-order valence-electron chi connectivity index (χ2n) is 4.50. The molecule has 0 saturated heterocycles. The fourth-order valence-electron chi connectivity index (χ4n) is 2.08. The summed E-state index contributed by atoms with van der Waals surface area (Å²) in [4.78, 5) is 14.1. The summed E-state index contributed by atoms with van der Waals surface area (Å²) in [6.07, 6.45) is -0.554. The summed E-state index contributed by atoms with van der Waals surface area (Å²) >= 11 is 0. The van der Waals surface area contributed by atoms with Gasteiger partial charge in [-0.2, -0.15) is 5.21 Å². The maximum Gasteiger partial charge on any atom is 0.263 e. The summed E-state index contributed by atoms with van der Waals surface area (Å²) in [5.74, 6) is 0.944. The van der Waals surface area contributed by atoms with Crippen LogP contribution in [0.15, 0.2) is 24.3 Å². The summed E-state index contributed by atoms with van der Waals surface area (Å²) in [5, 5.41) is 16.0. The van der Waals surface area contributed by atoms with Gasteiger partial charge in [0, 0.05) is 7.05 Å². The Kier molecular flexibility index (Phi) is 3.20. The Morgan fingerprint density at radius 3 is 3.20 bits per heavy atom. The molecule has 0 bridgehead atoms. The van der Waals surface area contributed by atoms with Gasteiger partial charge in [0.25, 0.3) is 5.91 Å². The Balaban J connectivity index is 1.65. The Hall–Kier alpha value is -2.64. The van der Waals surface area contributed by atoms with E-state index in [-0.39, 0.29) is 12.5 Å². The monoisotopic (exact) mass is 274 g/mol. The number of H-pyrrole nitrogens is 1. The van der Waals surface area contributed by atoms with Crippen LogP contribution >= 0.6 is 0 Å². The smallest absolute Gasteiger partial charge is 0.263 e. The Morgan fingerprint density at radius 2 is 2.40 bits per heavy atom. The normalized spacial score (nSPS) is 17.2. The van der Waals surface area contributed by atoms with E-state index in [4.69, 9.17) is 4.74 Å². The number of amides is 1. The largest absolute Gasteiger partial charge is 0.477 e. The second-order valence-corrected chi connectivity index (χ2v) is 4.50. The minimum absolute atomic E-state index is 0.198. The number of anilines is 1. The van der Waals surface area contributed by atoms with E-state index >= 15 is 0 Å². The number of hydrogen-bond donors (Lipinski definition) is 2. The van der Waals surface area contributed by atoms with E-state index in [2.05, 4.69) is 25.9 Å². The van der Waals surface area contributed by atoms with Crippen molar-refractivity contribution in [2.75, 3.05) is 18.5 Å². The molecule has 1 unspecified atom stereocenters. The third kappa shape index (κ3) is 2.40. The van der Waals surface area contributed by atoms with E-state index < -0.39 is 6.10 Å². The lowest BCUT2D eigenvalue weighted by molar-refractivity contribution is -0.128. The van der Waals surface area contributed by atoms with Crippen molar-refractivity contribution in [2.24, 2.45) is 0 Å². The van der Waals surface area contributed by atoms with E-state index in [0.29, 0.717) is 18.1 Å². The van der Waals surface area contributed by atoms with E-state index in [0.717, 1.165) is 5.69 Å². The fraction of sp³-hybridized carbons (Fsp3) is 0.333. The molecule has 104 valence electrons. The van der Waals surface area contributed by atoms with Gasteiger partial charge in [0.15, 0.2) is 11.9 Å². The van der Waals surface area contributed by atoms with Crippen molar-refractivity contribution >= 4 is 11.6 Å². The summed E-state index contributed by atoms with van der Waals surface area (Å²) in [7, 11) is 1.93. The van der Waals surface area contributed by atoms with Crippen molar-refractivity contribution in [1.29, 1.82) is 0 Å². The predicted molar refractivity (Wildman–Crippen MR) is 70.2 cm³/mol. The molecule has 0 spiro atoms. The molecule has 0 radical (unpaired) electrons. The number of carbonyl (C=O) groups excluding carboxylic acids is 1. The molecule has 1 atom stereocenters. The van der Waals surface area contributed by atoms with Crippen LogP contribution in [0.4, 0.5) is 5.69 Å². The van der Waals surface area contributed by atoms with Crippen molar-refractivity contribution < 1.29 is 9.53 Å². The SMILES string of the molecule is CN1CC(C(=O)NCc2nn[nH]n2)Oc2ccccc21. The topological polar surface area (TPSA) is 96.0 Å². The Bertz CT molecular complexity index is 600. The standard InChI is InChI=1S/C12H14N6O2/c1-18-7-10(20-9-5-3-2-4-8(9)18)12(19)13-6-11-14-16-17-15-11/h2-5,10H,6-7H2,1H3,(H,13,19)(H,14,15,16,17). The summed E-state index contributed by atoms with van der Waals surface area (Å²) in [5.41, 5.74) is 0.981. The molecular weight excluding hydrogens is 260 g/mol. The number of aromatic nitrogens is 4. The number of likely N-dealkylation sites (N-methyl/N-ethyl adjacent to an activating group) is 1. The molecule has 20 heavy (non-hydrogen) atoms. The van der Waals surface area contributed by atoms with Crippen LogP contribution < -0.4 is 15.0 Å². The van der Waals surface area contributed by atoms with Crippen molar-refractivity contribution in [3.63, 3.8) is 0 Å². The third-order valence-electron chi connectivity index (χ3n) is 3.09. The van der Waals surface area contributed by atoms with Crippen LogP contribution in [0.1, 0.15) is 5.82 Å². The minimum Gasteiger partial charge on any atom is -0.477 e. The van der Waals surface area contributed by atoms with Gasteiger partial charge in [0.2, 0.25) is 0 Å². The van der Waals surface area contributed by atoms with Gasteiger partial charge in [-0.3, -0.25) is 4.79 Å². The van der Waals surface area contributed by atoms with Gasteiger partial charge >= 0.3 is 0 Å². The molecule has 0 aliphatic carbocycles. The van der Waals surface area contributed by atoms with Crippen molar-refractivity contribution in [3.8, 4) is 5.75 Å². The zero-order chi connectivity index (χ0) is 13.9. The molecule has 2 aromatic rings. The highest BCUT2D eigenvalue weighted by atomic mass is 16.5. The number of nitrogens with one attached hydrogen (secondary N) is 2. The number of hydrogen-bond acceptors (Lipinski definition) is 6. The maximum absolute atomic E-state index is 12.1. The van der Waals surface area contributed by atoms with Crippen LogP contribution in [0.3, 0.4) is 0 Å². The van der Waals surface area contributed by atoms with E-state index in [1.165, 1.54) is 0 Å². The van der Waals surface area contributed by atoms with Gasteiger partial charge < -0.3 is 15.0 Å². The van der Waals surface area contributed by atoms with Crippen LogP contribution in [-0.4, -0.2) is 46.2 Å². The van der Waals surface area contributed by atoms with Gasteiger partial charge in [-0.1, -0.05) is 17.3 Å². The van der Waals surface area contributed by atoms with Gasteiger partial charge in [-0.25, -0.2) is 0 Å². The molecule has 2 heterocycles. The van der Waals surface area contributed by atoms with Crippen molar-refractivity contribution in [2.45, 2.75) is 12.6 Å². The van der Waals surface area contributed by atoms with Gasteiger partial charge in [-0.15, -0.1) is 10.2 Å². The van der Waals surface area contributed by atoms with Gasteiger partial charge in [0.1, 0.15) is 5.75 Å². The van der Waals surface area contributed by atoms with Gasteiger partial charge in [-0.05, 0) is 12.1 Å². The molecule has 1 aliphatic rings. The number of benzene rings is 1. The van der Waals surface area contributed by atoms with Crippen LogP contribution in [0.25, 0.3) is 0 Å². The molecule has 1 aromatic heterocycles. The van der Waals surface area contributed by atoms with E-state index in [1.807, 2.05) is 36.2 Å². The Morgan fingerprint density at radius 1 is 1.55 bits per heavy atom. The van der Waals surface area contributed by atoms with Crippen LogP contribution in [0.5, 0.6) is 5.75 Å². The first-order valence-electron chi connectivity index (χ1n) is 6.21. The van der Waals surface area contributed by atoms with E-state index in [9.17, 15) is 4.79 Å². The minimum atomic E-state index is -0.554. The maximum atomic E-state index is 12.1. The first-order valence-corrected chi connectivity index (χ1v) is 6.21. The number of tetrazole rings is 1. The average molecular weight is 274 g/mol. The summed E-state index contributed by atoms with van der Waals surface area (Å²) in [6.45, 7) is 0.718. The lowest BCUT2D eigenvalue weighted by Gasteiger charge is -2.32. The summed E-state index contributed by atoms with van der Waals surface area (Å²) in [6, 6.07) is 7.63. The number of fused-ring (bicyclic) bond motifs is 1. The first kappa shape index (κ1) is 12.4. The van der Waals surface area contributed by atoms with Crippen molar-refractivity contribution in [3.05, 3.63) is 30.1 Å². The van der Waals surface area contributed by atoms with Crippen molar-refractivity contribution in [1.82, 2.24) is 25.9 Å². The molecule has 0 saturated carbocycles. The van der Waals surface area contributed by atoms with Crippen LogP contribution in [0, 0.1) is 0 Å². The molecule has 1 amide bonds. The second kappa shape index (κ2) is 5.16.